The molecular weight excluding hydrogens is 321 g/mol. The molecule has 22 heavy (non-hydrogen) atoms. The fourth-order valence-electron chi connectivity index (χ4n) is 2.78. The zero-order valence-electron chi connectivity index (χ0n) is 11.6. The second kappa shape index (κ2) is 5.50. The van der Waals surface area contributed by atoms with Crippen LogP contribution in [0.5, 0.6) is 0 Å². The number of aromatic nitrogens is 4. The van der Waals surface area contributed by atoms with E-state index in [1.54, 1.807) is 6.07 Å². The Morgan fingerprint density at radius 3 is 2.82 bits per heavy atom. The SMILES string of the molecule is Clc1ccc(-c2ccc3nnc(C4CCNC4)n3n2)c(Cl)c1. The summed E-state index contributed by atoms with van der Waals surface area (Å²) in [5, 5.41) is 17.7. The molecule has 2 aromatic heterocycles. The van der Waals surface area contributed by atoms with Gasteiger partial charge in [-0.2, -0.15) is 9.61 Å². The standard InChI is InChI=1S/C15H13Cl2N5/c16-10-1-2-11(12(17)7-10)13-3-4-14-19-20-15(22(14)21-13)9-5-6-18-8-9/h1-4,7,9,18H,5-6,8H2. The van der Waals surface area contributed by atoms with Gasteiger partial charge in [0.1, 0.15) is 0 Å². The fourth-order valence-corrected chi connectivity index (χ4v) is 3.28. The maximum Gasteiger partial charge on any atom is 0.177 e. The molecule has 7 heteroatoms. The van der Waals surface area contributed by atoms with E-state index in [9.17, 15) is 0 Å². The van der Waals surface area contributed by atoms with Gasteiger partial charge in [-0.15, -0.1) is 10.2 Å². The first kappa shape index (κ1) is 13.9. The molecule has 0 radical (unpaired) electrons. The Morgan fingerprint density at radius 1 is 1.14 bits per heavy atom. The van der Waals surface area contributed by atoms with Crippen molar-refractivity contribution in [1.29, 1.82) is 0 Å². The summed E-state index contributed by atoms with van der Waals surface area (Å²) in [4.78, 5) is 0. The van der Waals surface area contributed by atoms with E-state index in [-0.39, 0.29) is 0 Å². The van der Waals surface area contributed by atoms with Crippen molar-refractivity contribution in [2.75, 3.05) is 13.1 Å². The lowest BCUT2D eigenvalue weighted by molar-refractivity contribution is 0.668. The van der Waals surface area contributed by atoms with Crippen LogP contribution < -0.4 is 5.32 Å². The fraction of sp³-hybridized carbons (Fsp3) is 0.267. The average Bonchev–Trinajstić information content (AvgIpc) is 3.15. The van der Waals surface area contributed by atoms with E-state index >= 15 is 0 Å². The summed E-state index contributed by atoms with van der Waals surface area (Å²) in [6.45, 7) is 1.91. The summed E-state index contributed by atoms with van der Waals surface area (Å²) in [7, 11) is 0. The third-order valence-corrected chi connectivity index (χ3v) is 4.47. The Labute approximate surface area is 137 Å². The quantitative estimate of drug-likeness (QED) is 0.782. The predicted molar refractivity (Wildman–Crippen MR) is 86.5 cm³/mol. The number of benzene rings is 1. The van der Waals surface area contributed by atoms with Crippen molar-refractivity contribution in [3.05, 3.63) is 46.2 Å². The minimum absolute atomic E-state index is 0.346. The largest absolute Gasteiger partial charge is 0.316 e. The third-order valence-electron chi connectivity index (χ3n) is 3.92. The summed E-state index contributed by atoms with van der Waals surface area (Å²) >= 11 is 12.2. The van der Waals surface area contributed by atoms with Crippen LogP contribution in [0.15, 0.2) is 30.3 Å². The van der Waals surface area contributed by atoms with Gasteiger partial charge < -0.3 is 5.32 Å². The summed E-state index contributed by atoms with van der Waals surface area (Å²) in [6, 6.07) is 9.21. The Hall–Kier alpha value is -1.69. The number of nitrogens with zero attached hydrogens (tertiary/aromatic N) is 4. The molecule has 112 valence electrons. The van der Waals surface area contributed by atoms with Crippen molar-refractivity contribution in [2.45, 2.75) is 12.3 Å². The van der Waals surface area contributed by atoms with E-state index in [0.29, 0.717) is 16.0 Å². The van der Waals surface area contributed by atoms with Crippen molar-refractivity contribution in [3.8, 4) is 11.3 Å². The molecule has 0 saturated carbocycles. The van der Waals surface area contributed by atoms with E-state index in [1.807, 2.05) is 28.8 Å². The maximum atomic E-state index is 6.28. The Kier molecular flexibility index (Phi) is 3.48. The van der Waals surface area contributed by atoms with E-state index in [1.165, 1.54) is 0 Å². The molecule has 5 nitrogen and oxygen atoms in total. The highest BCUT2D eigenvalue weighted by molar-refractivity contribution is 6.36. The first-order valence-electron chi connectivity index (χ1n) is 7.11. The lowest BCUT2D eigenvalue weighted by Gasteiger charge is -2.08. The van der Waals surface area contributed by atoms with Crippen LogP contribution >= 0.6 is 23.2 Å². The van der Waals surface area contributed by atoms with Crippen LogP contribution in [0.25, 0.3) is 16.9 Å². The molecule has 4 rings (SSSR count). The van der Waals surface area contributed by atoms with Gasteiger partial charge in [-0.25, -0.2) is 0 Å². The molecule has 1 fully saturated rings. The maximum absolute atomic E-state index is 6.28. The van der Waals surface area contributed by atoms with E-state index < -0.39 is 0 Å². The van der Waals surface area contributed by atoms with Gasteiger partial charge in [0.05, 0.1) is 10.7 Å². The summed E-state index contributed by atoms with van der Waals surface area (Å²) in [5.74, 6) is 1.24. The molecule has 3 heterocycles. The van der Waals surface area contributed by atoms with Crippen LogP contribution in [0, 0.1) is 0 Å². The lowest BCUT2D eigenvalue weighted by Crippen LogP contribution is -2.11. The molecule has 0 amide bonds. The number of rotatable bonds is 2. The number of halogens is 2. The van der Waals surface area contributed by atoms with Gasteiger partial charge in [0.15, 0.2) is 11.5 Å². The molecule has 0 spiro atoms. The number of nitrogens with one attached hydrogen (secondary N) is 1. The normalized spacial score (nSPS) is 18.2. The number of hydrogen-bond donors (Lipinski definition) is 1. The van der Waals surface area contributed by atoms with E-state index in [4.69, 9.17) is 23.2 Å². The van der Waals surface area contributed by atoms with Crippen molar-refractivity contribution in [3.63, 3.8) is 0 Å². The molecule has 1 aliphatic heterocycles. The average molecular weight is 334 g/mol. The highest BCUT2D eigenvalue weighted by Gasteiger charge is 2.23. The smallest absolute Gasteiger partial charge is 0.177 e. The van der Waals surface area contributed by atoms with Crippen molar-refractivity contribution in [1.82, 2.24) is 25.1 Å². The predicted octanol–water partition coefficient (Wildman–Crippen LogP) is 3.18. The second-order valence-electron chi connectivity index (χ2n) is 5.36. The molecule has 1 unspecified atom stereocenters. The van der Waals surface area contributed by atoms with Crippen LogP contribution in [0.3, 0.4) is 0 Å². The number of hydrogen-bond acceptors (Lipinski definition) is 4. The lowest BCUT2D eigenvalue weighted by atomic mass is 10.1. The van der Waals surface area contributed by atoms with Crippen LogP contribution in [-0.2, 0) is 0 Å². The molecule has 1 aliphatic rings. The molecule has 1 N–H and O–H groups in total. The highest BCUT2D eigenvalue weighted by Crippen LogP contribution is 2.29. The number of fused-ring (bicyclic) bond motifs is 1. The van der Waals surface area contributed by atoms with Crippen molar-refractivity contribution in [2.24, 2.45) is 0 Å². The Bertz CT molecular complexity index is 839. The Balaban J connectivity index is 1.83. The van der Waals surface area contributed by atoms with Gasteiger partial charge in [0.25, 0.3) is 0 Å². The summed E-state index contributed by atoms with van der Waals surface area (Å²) in [6.07, 6.45) is 1.05. The molecule has 0 bridgehead atoms. The van der Waals surface area contributed by atoms with Crippen LogP contribution in [0.4, 0.5) is 0 Å². The van der Waals surface area contributed by atoms with Gasteiger partial charge >= 0.3 is 0 Å². The molecule has 1 atom stereocenters. The van der Waals surface area contributed by atoms with Gasteiger partial charge in [0, 0.05) is 23.0 Å². The van der Waals surface area contributed by atoms with Gasteiger partial charge in [-0.1, -0.05) is 23.2 Å². The molecular formula is C15H13Cl2N5. The van der Waals surface area contributed by atoms with Crippen molar-refractivity contribution < 1.29 is 0 Å². The minimum Gasteiger partial charge on any atom is -0.316 e. The van der Waals surface area contributed by atoms with Crippen LogP contribution in [0.1, 0.15) is 18.2 Å². The monoisotopic (exact) mass is 333 g/mol. The van der Waals surface area contributed by atoms with E-state index in [0.717, 1.165) is 42.2 Å². The van der Waals surface area contributed by atoms with Crippen molar-refractivity contribution >= 4 is 28.8 Å². The molecule has 0 aliphatic carbocycles. The van der Waals surface area contributed by atoms with Gasteiger partial charge in [-0.3, -0.25) is 0 Å². The minimum atomic E-state index is 0.346. The Morgan fingerprint density at radius 2 is 2.05 bits per heavy atom. The third kappa shape index (κ3) is 2.35. The zero-order valence-corrected chi connectivity index (χ0v) is 13.1. The van der Waals surface area contributed by atoms with Gasteiger partial charge in [-0.05, 0) is 43.3 Å². The zero-order chi connectivity index (χ0) is 15.1. The molecule has 3 aromatic rings. The van der Waals surface area contributed by atoms with Crippen LogP contribution in [0.2, 0.25) is 10.0 Å². The highest BCUT2D eigenvalue weighted by atomic mass is 35.5. The molecule has 1 aromatic carbocycles. The summed E-state index contributed by atoms with van der Waals surface area (Å²) in [5.41, 5.74) is 2.37. The topological polar surface area (TPSA) is 55.1 Å². The molecule has 1 saturated heterocycles. The second-order valence-corrected chi connectivity index (χ2v) is 6.20. The first-order valence-corrected chi connectivity index (χ1v) is 7.86. The van der Waals surface area contributed by atoms with E-state index in [2.05, 4.69) is 20.6 Å². The summed E-state index contributed by atoms with van der Waals surface area (Å²) < 4.78 is 1.82. The van der Waals surface area contributed by atoms with Crippen LogP contribution in [-0.4, -0.2) is 32.9 Å². The van der Waals surface area contributed by atoms with Gasteiger partial charge in [0.2, 0.25) is 0 Å². The first-order chi connectivity index (χ1) is 10.7.